The Morgan fingerprint density at radius 3 is 2.58 bits per heavy atom. The summed E-state index contributed by atoms with van der Waals surface area (Å²) in [6, 6.07) is 8.02. The van der Waals surface area contributed by atoms with Crippen molar-refractivity contribution in [2.75, 3.05) is 6.54 Å². The van der Waals surface area contributed by atoms with Crippen molar-refractivity contribution in [1.29, 1.82) is 0 Å². The van der Waals surface area contributed by atoms with Gasteiger partial charge in [-0.25, -0.2) is 4.39 Å². The summed E-state index contributed by atoms with van der Waals surface area (Å²) in [5.41, 5.74) is 0.0748. The monoisotopic (exact) mass is 360 g/mol. The van der Waals surface area contributed by atoms with Gasteiger partial charge in [0.25, 0.3) is 11.5 Å². The molecule has 1 unspecified atom stereocenters. The van der Waals surface area contributed by atoms with E-state index in [0.29, 0.717) is 12.1 Å². The molecule has 0 aliphatic heterocycles. The van der Waals surface area contributed by atoms with Crippen LogP contribution in [0.3, 0.4) is 0 Å². The molecule has 138 valence electrons. The lowest BCUT2D eigenvalue weighted by Gasteiger charge is -2.15. The SMILES string of the molecule is CC(C)CC(CNC(=O)c1ccc(=O)n(-c2cccc(F)c2)c1)C(=O)O. The van der Waals surface area contributed by atoms with Crippen molar-refractivity contribution in [2.24, 2.45) is 11.8 Å². The van der Waals surface area contributed by atoms with Crippen molar-refractivity contribution >= 4 is 11.9 Å². The fourth-order valence-corrected chi connectivity index (χ4v) is 2.61. The van der Waals surface area contributed by atoms with E-state index in [4.69, 9.17) is 0 Å². The third kappa shape index (κ3) is 5.02. The third-order valence-electron chi connectivity index (χ3n) is 3.87. The van der Waals surface area contributed by atoms with E-state index in [2.05, 4.69) is 5.32 Å². The second-order valence-corrected chi connectivity index (χ2v) is 6.48. The van der Waals surface area contributed by atoms with E-state index in [1.165, 1.54) is 41.1 Å². The van der Waals surface area contributed by atoms with Gasteiger partial charge in [-0.1, -0.05) is 19.9 Å². The summed E-state index contributed by atoms with van der Waals surface area (Å²) in [4.78, 5) is 35.6. The van der Waals surface area contributed by atoms with Gasteiger partial charge in [0.05, 0.1) is 17.2 Å². The van der Waals surface area contributed by atoms with Gasteiger partial charge in [-0.05, 0) is 36.6 Å². The third-order valence-corrected chi connectivity index (χ3v) is 3.87. The molecule has 0 aliphatic rings. The van der Waals surface area contributed by atoms with Crippen LogP contribution in [-0.4, -0.2) is 28.1 Å². The van der Waals surface area contributed by atoms with E-state index >= 15 is 0 Å². The number of hydrogen-bond donors (Lipinski definition) is 2. The Kier molecular flexibility index (Phi) is 6.27. The Labute approximate surface area is 150 Å². The molecule has 0 bridgehead atoms. The number of pyridine rings is 1. The Bertz CT molecular complexity index is 861. The highest BCUT2D eigenvalue weighted by Gasteiger charge is 2.20. The quantitative estimate of drug-likeness (QED) is 0.794. The van der Waals surface area contributed by atoms with Crippen LogP contribution in [0.2, 0.25) is 0 Å². The van der Waals surface area contributed by atoms with Gasteiger partial charge < -0.3 is 10.4 Å². The summed E-state index contributed by atoms with van der Waals surface area (Å²) in [6.45, 7) is 3.81. The van der Waals surface area contributed by atoms with Crippen molar-refractivity contribution in [3.05, 3.63) is 64.3 Å². The minimum atomic E-state index is -0.969. The molecule has 26 heavy (non-hydrogen) atoms. The molecule has 0 radical (unpaired) electrons. The van der Waals surface area contributed by atoms with Crippen molar-refractivity contribution in [3.8, 4) is 5.69 Å². The number of carbonyl (C=O) groups is 2. The molecular formula is C19H21FN2O4. The minimum absolute atomic E-state index is 0.00849. The summed E-state index contributed by atoms with van der Waals surface area (Å²) >= 11 is 0. The summed E-state index contributed by atoms with van der Waals surface area (Å²) in [5.74, 6) is -2.47. The number of nitrogens with zero attached hydrogens (tertiary/aromatic N) is 1. The maximum absolute atomic E-state index is 13.4. The molecule has 0 fully saturated rings. The lowest BCUT2D eigenvalue weighted by Crippen LogP contribution is -2.34. The molecule has 2 N–H and O–H groups in total. The molecule has 0 aliphatic carbocycles. The van der Waals surface area contributed by atoms with Crippen molar-refractivity contribution in [3.63, 3.8) is 0 Å². The van der Waals surface area contributed by atoms with Gasteiger partial charge in [-0.2, -0.15) is 0 Å². The Hall–Kier alpha value is -2.96. The molecule has 1 aromatic carbocycles. The van der Waals surface area contributed by atoms with Crippen LogP contribution in [-0.2, 0) is 4.79 Å². The van der Waals surface area contributed by atoms with E-state index in [-0.39, 0.29) is 18.0 Å². The molecule has 0 saturated carbocycles. The number of aromatic nitrogens is 1. The molecule has 7 heteroatoms. The number of hydrogen-bond acceptors (Lipinski definition) is 3. The van der Waals surface area contributed by atoms with Crippen LogP contribution in [0.5, 0.6) is 0 Å². The predicted molar refractivity (Wildman–Crippen MR) is 94.9 cm³/mol. The van der Waals surface area contributed by atoms with E-state index in [1.54, 1.807) is 6.07 Å². The van der Waals surface area contributed by atoms with Gasteiger partial charge in [-0.3, -0.25) is 19.0 Å². The van der Waals surface area contributed by atoms with Crippen LogP contribution < -0.4 is 10.9 Å². The number of rotatable bonds is 7. The average Bonchev–Trinajstić information content (AvgIpc) is 2.58. The molecule has 2 rings (SSSR count). The molecule has 1 aromatic heterocycles. The highest BCUT2D eigenvalue weighted by molar-refractivity contribution is 5.94. The molecule has 1 heterocycles. The molecular weight excluding hydrogens is 339 g/mol. The fraction of sp³-hybridized carbons (Fsp3) is 0.316. The van der Waals surface area contributed by atoms with Gasteiger partial charge >= 0.3 is 5.97 Å². The van der Waals surface area contributed by atoms with Crippen LogP contribution in [0, 0.1) is 17.7 Å². The number of carbonyl (C=O) groups excluding carboxylic acids is 1. The number of amides is 1. The second-order valence-electron chi connectivity index (χ2n) is 6.48. The predicted octanol–water partition coefficient (Wildman–Crippen LogP) is 2.45. The average molecular weight is 360 g/mol. The number of benzene rings is 1. The van der Waals surface area contributed by atoms with Crippen LogP contribution >= 0.6 is 0 Å². The van der Waals surface area contributed by atoms with Gasteiger partial charge in [0.1, 0.15) is 5.82 Å². The number of carboxylic acids is 1. The summed E-state index contributed by atoms with van der Waals surface area (Å²) < 4.78 is 14.6. The number of halogens is 1. The largest absolute Gasteiger partial charge is 0.481 e. The highest BCUT2D eigenvalue weighted by atomic mass is 19.1. The second kappa shape index (κ2) is 8.42. The van der Waals surface area contributed by atoms with Gasteiger partial charge in [0.2, 0.25) is 0 Å². The number of aliphatic carboxylic acids is 1. The van der Waals surface area contributed by atoms with Crippen LogP contribution in [0.25, 0.3) is 5.69 Å². The van der Waals surface area contributed by atoms with E-state index in [9.17, 15) is 23.9 Å². The van der Waals surface area contributed by atoms with E-state index in [0.717, 1.165) is 0 Å². The summed E-state index contributed by atoms with van der Waals surface area (Å²) in [7, 11) is 0. The standard InChI is InChI=1S/C19H21FN2O4/c1-12(2)8-14(19(25)26)10-21-18(24)13-6-7-17(23)22(11-13)16-5-3-4-15(20)9-16/h3-7,9,11-12,14H,8,10H2,1-2H3,(H,21,24)(H,25,26). The van der Waals surface area contributed by atoms with E-state index in [1.807, 2.05) is 13.8 Å². The Morgan fingerprint density at radius 1 is 1.23 bits per heavy atom. The lowest BCUT2D eigenvalue weighted by atomic mass is 9.97. The van der Waals surface area contributed by atoms with E-state index < -0.39 is 29.2 Å². The Morgan fingerprint density at radius 2 is 1.96 bits per heavy atom. The molecule has 2 aromatic rings. The van der Waals surface area contributed by atoms with Crippen LogP contribution in [0.4, 0.5) is 4.39 Å². The first-order valence-electron chi connectivity index (χ1n) is 8.27. The molecule has 0 saturated heterocycles. The van der Waals surface area contributed by atoms with Crippen LogP contribution in [0.1, 0.15) is 30.6 Å². The summed E-state index contributed by atoms with van der Waals surface area (Å²) in [5, 5.41) is 11.8. The first kappa shape index (κ1) is 19.4. The lowest BCUT2D eigenvalue weighted by molar-refractivity contribution is -0.142. The number of nitrogens with one attached hydrogen (secondary N) is 1. The van der Waals surface area contributed by atoms with Gasteiger partial charge in [0.15, 0.2) is 0 Å². The first-order valence-corrected chi connectivity index (χ1v) is 8.27. The molecule has 0 spiro atoms. The first-order chi connectivity index (χ1) is 12.3. The molecule has 1 amide bonds. The smallest absolute Gasteiger partial charge is 0.308 e. The zero-order valence-corrected chi connectivity index (χ0v) is 14.6. The van der Waals surface area contributed by atoms with Crippen molar-refractivity contribution < 1.29 is 19.1 Å². The zero-order valence-electron chi connectivity index (χ0n) is 14.6. The summed E-state index contributed by atoms with van der Waals surface area (Å²) in [6.07, 6.45) is 1.75. The zero-order chi connectivity index (χ0) is 19.3. The Balaban J connectivity index is 2.18. The molecule has 6 nitrogen and oxygen atoms in total. The van der Waals surface area contributed by atoms with Gasteiger partial charge in [0, 0.05) is 18.8 Å². The van der Waals surface area contributed by atoms with Crippen molar-refractivity contribution in [2.45, 2.75) is 20.3 Å². The fourth-order valence-electron chi connectivity index (χ4n) is 2.61. The minimum Gasteiger partial charge on any atom is -0.481 e. The van der Waals surface area contributed by atoms with Gasteiger partial charge in [-0.15, -0.1) is 0 Å². The van der Waals surface area contributed by atoms with Crippen molar-refractivity contribution in [1.82, 2.24) is 9.88 Å². The maximum atomic E-state index is 13.4. The maximum Gasteiger partial charge on any atom is 0.308 e. The topological polar surface area (TPSA) is 88.4 Å². The van der Waals surface area contributed by atoms with Crippen LogP contribution in [0.15, 0.2) is 47.4 Å². The highest BCUT2D eigenvalue weighted by Crippen LogP contribution is 2.12. The normalized spacial score (nSPS) is 12.0. The number of carboxylic acid groups (broad SMARTS) is 1. The molecule has 1 atom stereocenters.